The van der Waals surface area contributed by atoms with Crippen molar-refractivity contribution in [2.45, 2.75) is 69.5 Å². The number of alkyl halides is 2. The van der Waals surface area contributed by atoms with Crippen molar-refractivity contribution in [2.24, 2.45) is 17.8 Å². The molecule has 196 valence electrons. The van der Waals surface area contributed by atoms with Crippen LogP contribution < -0.4 is 4.90 Å². The summed E-state index contributed by atoms with van der Waals surface area (Å²) in [7, 11) is 3.41. The molecule has 1 saturated heterocycles. The van der Waals surface area contributed by atoms with Crippen LogP contribution in [0, 0.1) is 17.8 Å². The van der Waals surface area contributed by atoms with E-state index >= 15 is 0 Å². The molecule has 1 N–H and O–H groups in total. The molecule has 2 aromatic carbocycles. The molecular formula is C30H39F2NO3. The number of phenolic OH excluding ortho intramolecular Hbond substituents is 1. The summed E-state index contributed by atoms with van der Waals surface area (Å²) in [6.45, 7) is 1.94. The van der Waals surface area contributed by atoms with Crippen LogP contribution in [-0.2, 0) is 15.9 Å². The van der Waals surface area contributed by atoms with Crippen LogP contribution in [0.25, 0.3) is 0 Å². The SMILES string of the molecule is COC(OC)C1CCN(c2ccc([C@@H]3c4ccc(O)cc4CC[C@@H]3C3CCC(F)(F)CC3)cc2)CC1. The normalized spacial score (nSPS) is 25.2. The van der Waals surface area contributed by atoms with Gasteiger partial charge < -0.3 is 19.5 Å². The molecule has 0 radical (unpaired) electrons. The molecule has 2 fully saturated rings. The fourth-order valence-corrected chi connectivity index (χ4v) is 7.06. The number of aromatic hydroxyl groups is 1. The van der Waals surface area contributed by atoms with Crippen LogP contribution >= 0.6 is 0 Å². The number of ether oxygens (including phenoxy) is 2. The fraction of sp³-hybridized carbons (Fsp3) is 0.600. The van der Waals surface area contributed by atoms with E-state index in [1.807, 2.05) is 6.07 Å². The number of aryl methyl sites for hydroxylation is 1. The van der Waals surface area contributed by atoms with Gasteiger partial charge in [0.05, 0.1) is 0 Å². The minimum Gasteiger partial charge on any atom is -0.508 e. The van der Waals surface area contributed by atoms with Crippen LogP contribution in [-0.4, -0.2) is 44.6 Å². The van der Waals surface area contributed by atoms with Gasteiger partial charge in [0.25, 0.3) is 0 Å². The predicted octanol–water partition coefficient (Wildman–Crippen LogP) is 6.75. The number of hydrogen-bond donors (Lipinski definition) is 1. The standard InChI is InChI=1S/C30H39F2NO3/c1-35-29(36-2)22-13-17-33(18-14-22)24-6-3-21(4-7-24)28-26(20-11-15-30(31,32)16-12-20)9-5-23-19-25(34)8-10-27(23)28/h3-4,6-8,10,19-20,22,26,28-29,34H,5,9,11-18H2,1-2H3/t26-,28+/m1/s1. The Morgan fingerprint density at radius 2 is 1.58 bits per heavy atom. The summed E-state index contributed by atoms with van der Waals surface area (Å²) in [6, 6.07) is 14.6. The first-order valence-electron chi connectivity index (χ1n) is 13.5. The minimum absolute atomic E-state index is 0.00517. The second-order valence-electron chi connectivity index (χ2n) is 11.0. The molecule has 36 heavy (non-hydrogen) atoms. The molecule has 0 aromatic heterocycles. The molecule has 4 nitrogen and oxygen atoms in total. The first kappa shape index (κ1) is 25.5. The van der Waals surface area contributed by atoms with Crippen LogP contribution in [0.1, 0.15) is 67.6 Å². The van der Waals surface area contributed by atoms with Crippen molar-refractivity contribution in [2.75, 3.05) is 32.2 Å². The highest BCUT2D eigenvalue weighted by Crippen LogP contribution is 2.50. The van der Waals surface area contributed by atoms with E-state index < -0.39 is 5.92 Å². The molecule has 5 rings (SSSR count). The third kappa shape index (κ3) is 5.26. The Morgan fingerprint density at radius 1 is 0.917 bits per heavy atom. The Bertz CT molecular complexity index is 1010. The molecule has 0 unspecified atom stereocenters. The van der Waals surface area contributed by atoms with Gasteiger partial charge in [0, 0.05) is 57.7 Å². The molecule has 1 aliphatic heterocycles. The summed E-state index contributed by atoms with van der Waals surface area (Å²) in [6.07, 6.45) is 5.00. The lowest BCUT2D eigenvalue weighted by atomic mass is 9.64. The zero-order valence-electron chi connectivity index (χ0n) is 21.5. The van der Waals surface area contributed by atoms with Gasteiger partial charge in [-0.1, -0.05) is 18.2 Å². The predicted molar refractivity (Wildman–Crippen MR) is 138 cm³/mol. The van der Waals surface area contributed by atoms with Crippen molar-refractivity contribution < 1.29 is 23.4 Å². The van der Waals surface area contributed by atoms with Gasteiger partial charge in [0.15, 0.2) is 6.29 Å². The maximum Gasteiger partial charge on any atom is 0.248 e. The maximum absolute atomic E-state index is 13.9. The van der Waals surface area contributed by atoms with E-state index in [9.17, 15) is 13.9 Å². The van der Waals surface area contributed by atoms with E-state index in [-0.39, 0.29) is 25.0 Å². The Hall–Kier alpha value is -2.18. The molecule has 0 amide bonds. The van der Waals surface area contributed by atoms with Crippen molar-refractivity contribution in [3.63, 3.8) is 0 Å². The molecule has 0 bridgehead atoms. The summed E-state index contributed by atoms with van der Waals surface area (Å²) < 4.78 is 38.8. The molecule has 2 aliphatic carbocycles. The molecule has 1 saturated carbocycles. The van der Waals surface area contributed by atoms with Gasteiger partial charge in [-0.15, -0.1) is 0 Å². The highest BCUT2D eigenvalue weighted by Gasteiger charge is 2.42. The summed E-state index contributed by atoms with van der Waals surface area (Å²) in [5, 5.41) is 10.1. The average Bonchev–Trinajstić information content (AvgIpc) is 2.89. The highest BCUT2D eigenvalue weighted by molar-refractivity contribution is 5.51. The molecule has 2 atom stereocenters. The Kier molecular flexibility index (Phi) is 7.55. The monoisotopic (exact) mass is 499 g/mol. The minimum atomic E-state index is -2.51. The quantitative estimate of drug-likeness (QED) is 0.447. The Morgan fingerprint density at radius 3 is 2.22 bits per heavy atom. The van der Waals surface area contributed by atoms with Gasteiger partial charge in [-0.2, -0.15) is 0 Å². The van der Waals surface area contributed by atoms with Crippen molar-refractivity contribution >= 4 is 5.69 Å². The lowest BCUT2D eigenvalue weighted by Gasteiger charge is -2.42. The first-order chi connectivity index (χ1) is 17.4. The summed E-state index contributed by atoms with van der Waals surface area (Å²) in [4.78, 5) is 2.43. The first-order valence-corrected chi connectivity index (χ1v) is 13.5. The number of fused-ring (bicyclic) bond motifs is 1. The molecule has 0 spiro atoms. The van der Waals surface area contributed by atoms with Gasteiger partial charge >= 0.3 is 0 Å². The number of methoxy groups -OCH3 is 2. The van der Waals surface area contributed by atoms with Gasteiger partial charge in [0.2, 0.25) is 5.92 Å². The van der Waals surface area contributed by atoms with E-state index in [2.05, 4.69) is 35.2 Å². The number of piperidine rings is 1. The number of anilines is 1. The smallest absolute Gasteiger partial charge is 0.248 e. The lowest BCUT2D eigenvalue weighted by Crippen LogP contribution is -2.39. The Labute approximate surface area is 213 Å². The lowest BCUT2D eigenvalue weighted by molar-refractivity contribution is -0.141. The number of nitrogens with zero attached hydrogens (tertiary/aromatic N) is 1. The number of benzene rings is 2. The van der Waals surface area contributed by atoms with E-state index in [1.165, 1.54) is 22.4 Å². The molecule has 1 heterocycles. The van der Waals surface area contributed by atoms with E-state index in [4.69, 9.17) is 9.47 Å². The zero-order chi connectivity index (χ0) is 25.3. The Balaban J connectivity index is 1.36. The van der Waals surface area contributed by atoms with Gasteiger partial charge in [0.1, 0.15) is 5.75 Å². The van der Waals surface area contributed by atoms with E-state index in [1.54, 1.807) is 20.3 Å². The summed E-state index contributed by atoms with van der Waals surface area (Å²) >= 11 is 0. The number of rotatable bonds is 6. The topological polar surface area (TPSA) is 41.9 Å². The van der Waals surface area contributed by atoms with Crippen LogP contribution in [0.15, 0.2) is 42.5 Å². The third-order valence-corrected chi connectivity index (χ3v) is 9.01. The van der Waals surface area contributed by atoms with Crippen LogP contribution in [0.5, 0.6) is 5.75 Å². The summed E-state index contributed by atoms with van der Waals surface area (Å²) in [5.41, 5.74) is 4.91. The second kappa shape index (κ2) is 10.7. The third-order valence-electron chi connectivity index (χ3n) is 9.01. The van der Waals surface area contributed by atoms with Gasteiger partial charge in [-0.25, -0.2) is 8.78 Å². The zero-order valence-corrected chi connectivity index (χ0v) is 21.5. The fourth-order valence-electron chi connectivity index (χ4n) is 7.06. The van der Waals surface area contributed by atoms with Crippen LogP contribution in [0.2, 0.25) is 0 Å². The van der Waals surface area contributed by atoms with Crippen molar-refractivity contribution in [3.8, 4) is 5.75 Å². The number of halogens is 2. The molecule has 3 aliphatic rings. The second-order valence-corrected chi connectivity index (χ2v) is 11.0. The van der Waals surface area contributed by atoms with Crippen LogP contribution in [0.4, 0.5) is 14.5 Å². The molecule has 6 heteroatoms. The highest BCUT2D eigenvalue weighted by atomic mass is 19.3. The number of phenols is 1. The molecular weight excluding hydrogens is 460 g/mol. The van der Waals surface area contributed by atoms with E-state index in [0.29, 0.717) is 36.3 Å². The van der Waals surface area contributed by atoms with Crippen molar-refractivity contribution in [1.29, 1.82) is 0 Å². The van der Waals surface area contributed by atoms with Crippen LogP contribution in [0.3, 0.4) is 0 Å². The largest absolute Gasteiger partial charge is 0.508 e. The number of hydrogen-bond acceptors (Lipinski definition) is 4. The molecule has 2 aromatic rings. The summed E-state index contributed by atoms with van der Waals surface area (Å²) in [5.74, 6) is -0.966. The van der Waals surface area contributed by atoms with Crippen molar-refractivity contribution in [3.05, 3.63) is 59.2 Å². The van der Waals surface area contributed by atoms with Gasteiger partial charge in [-0.3, -0.25) is 0 Å². The van der Waals surface area contributed by atoms with E-state index in [0.717, 1.165) is 38.8 Å². The average molecular weight is 500 g/mol. The maximum atomic E-state index is 13.9. The van der Waals surface area contributed by atoms with Crippen molar-refractivity contribution in [1.82, 2.24) is 0 Å². The van der Waals surface area contributed by atoms with Gasteiger partial charge in [-0.05, 0) is 91.3 Å².